The molecule has 1 heterocycles. The molecule has 3 N–H and O–H groups in total. The Morgan fingerprint density at radius 3 is 2.73 bits per heavy atom. The standard InChI is InChI=1S/C11H22N2O2/c1-7(2)10(12)11(14)13-9-4-5-15-8(3)6-9/h7-10H,4-6,12H2,1-3H3,(H,13,14)/t8?,9?,10-/m1/s1. The predicted molar refractivity (Wildman–Crippen MR) is 59.4 cm³/mol. The lowest BCUT2D eigenvalue weighted by Crippen LogP contribution is -2.50. The molecule has 88 valence electrons. The summed E-state index contributed by atoms with van der Waals surface area (Å²) >= 11 is 0. The van der Waals surface area contributed by atoms with E-state index in [1.165, 1.54) is 0 Å². The van der Waals surface area contributed by atoms with Crippen LogP contribution in [-0.4, -0.2) is 30.7 Å². The van der Waals surface area contributed by atoms with Gasteiger partial charge in [-0.25, -0.2) is 0 Å². The average molecular weight is 214 g/mol. The highest BCUT2D eigenvalue weighted by molar-refractivity contribution is 5.82. The Bertz CT molecular complexity index is 219. The molecule has 1 amide bonds. The van der Waals surface area contributed by atoms with Gasteiger partial charge in [0.1, 0.15) is 0 Å². The van der Waals surface area contributed by atoms with Gasteiger partial charge < -0.3 is 15.8 Å². The van der Waals surface area contributed by atoms with Crippen LogP contribution in [0.2, 0.25) is 0 Å². The van der Waals surface area contributed by atoms with E-state index in [0.29, 0.717) is 0 Å². The van der Waals surface area contributed by atoms with Crippen LogP contribution in [-0.2, 0) is 9.53 Å². The molecule has 1 aliphatic rings. The molecule has 15 heavy (non-hydrogen) atoms. The molecule has 0 saturated carbocycles. The minimum Gasteiger partial charge on any atom is -0.378 e. The zero-order valence-corrected chi connectivity index (χ0v) is 9.82. The molecular weight excluding hydrogens is 192 g/mol. The first kappa shape index (κ1) is 12.5. The average Bonchev–Trinajstić information content (AvgIpc) is 2.16. The van der Waals surface area contributed by atoms with Gasteiger partial charge in [0, 0.05) is 12.6 Å². The summed E-state index contributed by atoms with van der Waals surface area (Å²) in [5.74, 6) is 0.145. The Morgan fingerprint density at radius 2 is 2.20 bits per heavy atom. The second kappa shape index (κ2) is 5.47. The second-order valence-corrected chi connectivity index (χ2v) is 4.68. The van der Waals surface area contributed by atoms with Crippen LogP contribution < -0.4 is 11.1 Å². The molecule has 1 fully saturated rings. The SMILES string of the molecule is CC1CC(NC(=O)[C@H](N)C(C)C)CCO1. The molecule has 2 unspecified atom stereocenters. The molecule has 0 aromatic carbocycles. The smallest absolute Gasteiger partial charge is 0.237 e. The van der Waals surface area contributed by atoms with Crippen molar-refractivity contribution in [1.82, 2.24) is 5.32 Å². The van der Waals surface area contributed by atoms with Crippen molar-refractivity contribution in [2.45, 2.75) is 51.8 Å². The van der Waals surface area contributed by atoms with Crippen molar-refractivity contribution in [2.75, 3.05) is 6.61 Å². The highest BCUT2D eigenvalue weighted by Gasteiger charge is 2.24. The van der Waals surface area contributed by atoms with Gasteiger partial charge in [0.25, 0.3) is 0 Å². The number of carbonyl (C=O) groups excluding carboxylic acids is 1. The fraction of sp³-hybridized carbons (Fsp3) is 0.909. The number of nitrogens with one attached hydrogen (secondary N) is 1. The first-order valence-corrected chi connectivity index (χ1v) is 5.68. The van der Waals surface area contributed by atoms with Crippen LogP contribution in [0.5, 0.6) is 0 Å². The molecule has 1 rings (SSSR count). The predicted octanol–water partition coefficient (Wildman–Crippen LogP) is 0.653. The molecule has 4 heteroatoms. The van der Waals surface area contributed by atoms with Gasteiger partial charge in [0.2, 0.25) is 5.91 Å². The molecule has 3 atom stereocenters. The summed E-state index contributed by atoms with van der Waals surface area (Å²) in [5.41, 5.74) is 5.77. The number of rotatable bonds is 3. The molecule has 1 saturated heterocycles. The van der Waals surface area contributed by atoms with Gasteiger partial charge in [-0.1, -0.05) is 13.8 Å². The van der Waals surface area contributed by atoms with E-state index in [4.69, 9.17) is 10.5 Å². The molecule has 4 nitrogen and oxygen atoms in total. The molecule has 1 aliphatic heterocycles. The van der Waals surface area contributed by atoms with Crippen molar-refractivity contribution in [2.24, 2.45) is 11.7 Å². The van der Waals surface area contributed by atoms with E-state index < -0.39 is 6.04 Å². The quantitative estimate of drug-likeness (QED) is 0.725. The molecular formula is C11H22N2O2. The van der Waals surface area contributed by atoms with Crippen LogP contribution in [0.3, 0.4) is 0 Å². The van der Waals surface area contributed by atoms with Crippen LogP contribution >= 0.6 is 0 Å². The Labute approximate surface area is 91.5 Å². The lowest BCUT2D eigenvalue weighted by molar-refractivity contribution is -0.124. The molecule has 0 aliphatic carbocycles. The zero-order valence-electron chi connectivity index (χ0n) is 9.82. The van der Waals surface area contributed by atoms with Crippen molar-refractivity contribution in [3.8, 4) is 0 Å². The summed E-state index contributed by atoms with van der Waals surface area (Å²) < 4.78 is 5.41. The molecule has 0 spiro atoms. The Balaban J connectivity index is 2.37. The van der Waals surface area contributed by atoms with Crippen LogP contribution in [0, 0.1) is 5.92 Å². The van der Waals surface area contributed by atoms with Gasteiger partial charge in [-0.15, -0.1) is 0 Å². The lowest BCUT2D eigenvalue weighted by Gasteiger charge is -2.29. The van der Waals surface area contributed by atoms with Gasteiger partial charge in [0.05, 0.1) is 12.1 Å². The number of ether oxygens (including phenoxy) is 1. The van der Waals surface area contributed by atoms with Crippen molar-refractivity contribution >= 4 is 5.91 Å². The lowest BCUT2D eigenvalue weighted by atomic mass is 10.0. The third-order valence-electron chi connectivity index (χ3n) is 2.85. The maximum Gasteiger partial charge on any atom is 0.237 e. The first-order chi connectivity index (χ1) is 7.00. The summed E-state index contributed by atoms with van der Waals surface area (Å²) in [4.78, 5) is 11.7. The minimum absolute atomic E-state index is 0.0379. The number of hydrogen-bond acceptors (Lipinski definition) is 3. The summed E-state index contributed by atoms with van der Waals surface area (Å²) in [6.07, 6.45) is 2.01. The van der Waals surface area contributed by atoms with Crippen molar-refractivity contribution in [3.05, 3.63) is 0 Å². The van der Waals surface area contributed by atoms with E-state index in [0.717, 1.165) is 19.4 Å². The Kier molecular flexibility index (Phi) is 4.54. The largest absolute Gasteiger partial charge is 0.378 e. The van der Waals surface area contributed by atoms with E-state index in [1.54, 1.807) is 0 Å². The van der Waals surface area contributed by atoms with Crippen molar-refractivity contribution in [1.29, 1.82) is 0 Å². The number of amides is 1. The maximum atomic E-state index is 11.7. The Morgan fingerprint density at radius 1 is 1.53 bits per heavy atom. The van der Waals surface area contributed by atoms with E-state index >= 15 is 0 Å². The van der Waals surface area contributed by atoms with Gasteiger partial charge >= 0.3 is 0 Å². The van der Waals surface area contributed by atoms with Crippen LogP contribution in [0.15, 0.2) is 0 Å². The number of carbonyl (C=O) groups is 1. The van der Waals surface area contributed by atoms with Crippen molar-refractivity contribution < 1.29 is 9.53 Å². The fourth-order valence-electron chi connectivity index (χ4n) is 1.73. The summed E-state index contributed by atoms with van der Waals surface area (Å²) in [7, 11) is 0. The Hall–Kier alpha value is -0.610. The third kappa shape index (κ3) is 3.80. The zero-order chi connectivity index (χ0) is 11.4. The van der Waals surface area contributed by atoms with E-state index in [1.807, 2.05) is 20.8 Å². The maximum absolute atomic E-state index is 11.7. The summed E-state index contributed by atoms with van der Waals surface area (Å²) in [5, 5.41) is 2.99. The fourth-order valence-corrected chi connectivity index (χ4v) is 1.73. The van der Waals surface area contributed by atoms with Gasteiger partial charge in [-0.2, -0.15) is 0 Å². The van der Waals surface area contributed by atoms with E-state index in [-0.39, 0.29) is 24.0 Å². The van der Waals surface area contributed by atoms with Gasteiger partial charge in [-0.05, 0) is 25.7 Å². The normalized spacial score (nSPS) is 28.9. The van der Waals surface area contributed by atoms with Crippen molar-refractivity contribution in [3.63, 3.8) is 0 Å². The summed E-state index contributed by atoms with van der Waals surface area (Å²) in [6.45, 7) is 6.66. The third-order valence-corrected chi connectivity index (χ3v) is 2.85. The molecule has 0 aromatic rings. The van der Waals surface area contributed by atoms with Crippen LogP contribution in [0.25, 0.3) is 0 Å². The molecule has 0 aromatic heterocycles. The topological polar surface area (TPSA) is 64.4 Å². The minimum atomic E-state index is -0.400. The van der Waals surface area contributed by atoms with E-state index in [2.05, 4.69) is 5.32 Å². The monoisotopic (exact) mass is 214 g/mol. The molecule has 0 radical (unpaired) electrons. The number of nitrogens with two attached hydrogens (primary N) is 1. The second-order valence-electron chi connectivity index (χ2n) is 4.68. The number of hydrogen-bond donors (Lipinski definition) is 2. The van der Waals surface area contributed by atoms with Gasteiger partial charge in [0.15, 0.2) is 0 Å². The highest BCUT2D eigenvalue weighted by Crippen LogP contribution is 2.13. The van der Waals surface area contributed by atoms with Crippen LogP contribution in [0.4, 0.5) is 0 Å². The first-order valence-electron chi connectivity index (χ1n) is 5.68. The highest BCUT2D eigenvalue weighted by atomic mass is 16.5. The van der Waals surface area contributed by atoms with Gasteiger partial charge in [-0.3, -0.25) is 4.79 Å². The van der Waals surface area contributed by atoms with E-state index in [9.17, 15) is 4.79 Å². The van der Waals surface area contributed by atoms with Crippen LogP contribution in [0.1, 0.15) is 33.6 Å². The summed E-state index contributed by atoms with van der Waals surface area (Å²) in [6, 6.07) is -0.172. The molecule has 0 bridgehead atoms.